The largest absolute Gasteiger partial charge is 0.493 e. The zero-order valence-electron chi connectivity index (χ0n) is 16.6. The van der Waals surface area contributed by atoms with Gasteiger partial charge in [-0.1, -0.05) is 0 Å². The maximum atomic E-state index is 12.9. The Bertz CT molecular complexity index is 1090. The topological polar surface area (TPSA) is 102 Å². The lowest BCUT2D eigenvalue weighted by Gasteiger charge is -2.20. The number of nitrogens with zero attached hydrogens (tertiary/aromatic N) is 4. The van der Waals surface area contributed by atoms with Gasteiger partial charge in [-0.2, -0.15) is 5.10 Å². The number of rotatable bonds is 6. The van der Waals surface area contributed by atoms with Crippen LogP contribution in [0.1, 0.15) is 28.8 Å². The molecule has 0 atom stereocenters. The summed E-state index contributed by atoms with van der Waals surface area (Å²) in [5, 5.41) is 4.51. The number of carbonyl (C=O) groups is 1. The highest BCUT2D eigenvalue weighted by atomic mass is 16.5. The second kappa shape index (κ2) is 7.71. The highest BCUT2D eigenvalue weighted by molar-refractivity contribution is 5.95. The molecule has 0 radical (unpaired) electrons. The number of aromatic amines is 1. The number of nitrogens with one attached hydrogen (secondary N) is 1. The molecule has 3 rings (SSSR count). The Kier molecular flexibility index (Phi) is 5.34. The molecule has 2 aromatic heterocycles. The monoisotopic (exact) mass is 385 g/mol. The Morgan fingerprint density at radius 3 is 2.50 bits per heavy atom. The summed E-state index contributed by atoms with van der Waals surface area (Å²) in [5.74, 6) is 1.16. The van der Waals surface area contributed by atoms with E-state index in [1.54, 1.807) is 35.0 Å². The molecule has 0 bridgehead atoms. The molecule has 148 valence electrons. The summed E-state index contributed by atoms with van der Waals surface area (Å²) in [7, 11) is 4.81. The highest BCUT2D eigenvalue weighted by Gasteiger charge is 2.20. The van der Waals surface area contributed by atoms with Crippen LogP contribution in [0.15, 0.2) is 23.1 Å². The van der Waals surface area contributed by atoms with Crippen molar-refractivity contribution in [3.63, 3.8) is 0 Å². The quantitative estimate of drug-likeness (QED) is 0.692. The summed E-state index contributed by atoms with van der Waals surface area (Å²) in [5.41, 5.74) is 1.47. The van der Waals surface area contributed by atoms with E-state index in [0.29, 0.717) is 40.3 Å². The molecule has 0 saturated heterocycles. The molecule has 0 aliphatic carbocycles. The molecule has 0 aliphatic rings. The Morgan fingerprint density at radius 2 is 1.93 bits per heavy atom. The number of H-pyrrole nitrogens is 1. The van der Waals surface area contributed by atoms with Gasteiger partial charge < -0.3 is 19.4 Å². The van der Waals surface area contributed by atoms with Crippen LogP contribution in [-0.2, 0) is 13.6 Å². The average Bonchev–Trinajstić information content (AvgIpc) is 3.03. The molecule has 28 heavy (non-hydrogen) atoms. The van der Waals surface area contributed by atoms with Crippen molar-refractivity contribution in [3.8, 4) is 11.5 Å². The normalized spacial score (nSPS) is 10.9. The number of hydrogen-bond donors (Lipinski definition) is 1. The molecular weight excluding hydrogens is 362 g/mol. The highest BCUT2D eigenvalue weighted by Crippen LogP contribution is 2.30. The minimum Gasteiger partial charge on any atom is -0.493 e. The van der Waals surface area contributed by atoms with Crippen LogP contribution in [0.2, 0.25) is 0 Å². The van der Waals surface area contributed by atoms with Crippen molar-refractivity contribution >= 4 is 16.8 Å². The standard InChI is InChI=1S/C19H23N5O4/c1-6-24(19(26)13-9-20-23(3)11(13)2)10-17-21-14-8-16(28-5)15(27-4)7-12(14)18(25)22-17/h7-9H,6,10H2,1-5H3,(H,21,22,25). The fourth-order valence-corrected chi connectivity index (χ4v) is 2.98. The second-order valence-corrected chi connectivity index (χ2v) is 6.32. The fraction of sp³-hybridized carbons (Fsp3) is 0.368. The van der Waals surface area contributed by atoms with Gasteiger partial charge in [-0.05, 0) is 19.9 Å². The summed E-state index contributed by atoms with van der Waals surface area (Å²) < 4.78 is 12.2. The molecule has 0 fully saturated rings. The lowest BCUT2D eigenvalue weighted by atomic mass is 10.2. The smallest absolute Gasteiger partial charge is 0.258 e. The summed E-state index contributed by atoms with van der Waals surface area (Å²) >= 11 is 0. The summed E-state index contributed by atoms with van der Waals surface area (Å²) in [4.78, 5) is 34.3. The number of amides is 1. The van der Waals surface area contributed by atoms with E-state index >= 15 is 0 Å². The van der Waals surface area contributed by atoms with Crippen LogP contribution in [-0.4, -0.2) is 51.3 Å². The van der Waals surface area contributed by atoms with Gasteiger partial charge >= 0.3 is 0 Å². The van der Waals surface area contributed by atoms with Crippen LogP contribution < -0.4 is 15.0 Å². The molecule has 9 nitrogen and oxygen atoms in total. The van der Waals surface area contributed by atoms with E-state index in [4.69, 9.17) is 9.47 Å². The lowest BCUT2D eigenvalue weighted by molar-refractivity contribution is 0.0747. The number of benzene rings is 1. The number of aryl methyl sites for hydroxylation is 1. The van der Waals surface area contributed by atoms with Crippen LogP contribution in [0.5, 0.6) is 11.5 Å². The third-order valence-corrected chi connectivity index (χ3v) is 4.73. The third kappa shape index (κ3) is 3.42. The Morgan fingerprint density at radius 1 is 1.25 bits per heavy atom. The minimum atomic E-state index is -0.304. The van der Waals surface area contributed by atoms with Gasteiger partial charge in [0.2, 0.25) is 0 Å². The van der Waals surface area contributed by atoms with Gasteiger partial charge in [0, 0.05) is 25.4 Å². The molecule has 0 spiro atoms. The molecule has 3 aromatic rings. The molecule has 9 heteroatoms. The van der Waals surface area contributed by atoms with E-state index in [0.717, 1.165) is 5.69 Å². The fourth-order valence-electron chi connectivity index (χ4n) is 2.98. The van der Waals surface area contributed by atoms with E-state index in [9.17, 15) is 9.59 Å². The Hall–Kier alpha value is -3.36. The zero-order valence-corrected chi connectivity index (χ0v) is 16.6. The third-order valence-electron chi connectivity index (χ3n) is 4.73. The maximum absolute atomic E-state index is 12.9. The van der Waals surface area contributed by atoms with E-state index in [1.807, 2.05) is 13.8 Å². The van der Waals surface area contributed by atoms with Crippen LogP contribution in [0.3, 0.4) is 0 Å². The van der Waals surface area contributed by atoms with E-state index in [2.05, 4.69) is 15.1 Å². The number of hydrogen-bond acceptors (Lipinski definition) is 6. The van der Waals surface area contributed by atoms with E-state index in [1.165, 1.54) is 14.2 Å². The van der Waals surface area contributed by atoms with Crippen molar-refractivity contribution < 1.29 is 14.3 Å². The van der Waals surface area contributed by atoms with Crippen molar-refractivity contribution in [3.05, 3.63) is 45.8 Å². The van der Waals surface area contributed by atoms with Gasteiger partial charge in [-0.3, -0.25) is 14.3 Å². The van der Waals surface area contributed by atoms with Gasteiger partial charge in [0.15, 0.2) is 11.5 Å². The van der Waals surface area contributed by atoms with Crippen molar-refractivity contribution in [2.45, 2.75) is 20.4 Å². The number of aromatic nitrogens is 4. The van der Waals surface area contributed by atoms with Crippen molar-refractivity contribution in [1.29, 1.82) is 0 Å². The predicted octanol–water partition coefficient (Wildman–Crippen LogP) is 1.64. The number of ether oxygens (including phenoxy) is 2. The minimum absolute atomic E-state index is 0.164. The van der Waals surface area contributed by atoms with Gasteiger partial charge in [0.25, 0.3) is 11.5 Å². The number of methoxy groups -OCH3 is 2. The van der Waals surface area contributed by atoms with E-state index < -0.39 is 0 Å². The van der Waals surface area contributed by atoms with Gasteiger partial charge in [0.05, 0.1) is 43.4 Å². The summed E-state index contributed by atoms with van der Waals surface area (Å²) in [6.07, 6.45) is 1.55. The zero-order chi connectivity index (χ0) is 20.4. The first kappa shape index (κ1) is 19.4. The van der Waals surface area contributed by atoms with Gasteiger partial charge in [-0.25, -0.2) is 4.98 Å². The SMILES string of the molecule is CCN(Cc1nc2cc(OC)c(OC)cc2c(=O)[nH]1)C(=O)c1cnn(C)c1C. The molecule has 0 saturated carbocycles. The molecule has 1 amide bonds. The summed E-state index contributed by atoms with van der Waals surface area (Å²) in [6.45, 7) is 4.34. The van der Waals surface area contributed by atoms with Crippen LogP contribution in [0.25, 0.3) is 10.9 Å². The van der Waals surface area contributed by atoms with Crippen molar-refractivity contribution in [1.82, 2.24) is 24.6 Å². The molecule has 0 aliphatic heterocycles. The molecule has 1 aromatic carbocycles. The van der Waals surface area contributed by atoms with E-state index in [-0.39, 0.29) is 18.0 Å². The van der Waals surface area contributed by atoms with Crippen LogP contribution >= 0.6 is 0 Å². The Labute approximate surface area is 161 Å². The predicted molar refractivity (Wildman–Crippen MR) is 104 cm³/mol. The average molecular weight is 385 g/mol. The molecule has 0 unspecified atom stereocenters. The van der Waals surface area contributed by atoms with Crippen LogP contribution in [0.4, 0.5) is 0 Å². The molecular formula is C19H23N5O4. The summed E-state index contributed by atoms with van der Waals surface area (Å²) in [6, 6.07) is 3.24. The first-order chi connectivity index (χ1) is 13.4. The first-order valence-corrected chi connectivity index (χ1v) is 8.82. The maximum Gasteiger partial charge on any atom is 0.258 e. The molecule has 2 heterocycles. The van der Waals surface area contributed by atoms with Crippen molar-refractivity contribution in [2.24, 2.45) is 7.05 Å². The first-order valence-electron chi connectivity index (χ1n) is 8.82. The number of carbonyl (C=O) groups excluding carboxylic acids is 1. The van der Waals surface area contributed by atoms with Gasteiger partial charge in [-0.15, -0.1) is 0 Å². The van der Waals surface area contributed by atoms with Gasteiger partial charge in [0.1, 0.15) is 5.82 Å². The van der Waals surface area contributed by atoms with Crippen LogP contribution in [0, 0.1) is 6.92 Å². The molecule has 1 N–H and O–H groups in total. The van der Waals surface area contributed by atoms with Crippen molar-refractivity contribution in [2.75, 3.05) is 20.8 Å². The number of fused-ring (bicyclic) bond motifs is 1. The lowest BCUT2D eigenvalue weighted by Crippen LogP contribution is -2.32. The Balaban J connectivity index is 1.97. The second-order valence-electron chi connectivity index (χ2n) is 6.32.